The first kappa shape index (κ1) is 14.2. The highest BCUT2D eigenvalue weighted by molar-refractivity contribution is 8.01. The third-order valence-electron chi connectivity index (χ3n) is 1.95. The second kappa shape index (κ2) is 6.78. The minimum Gasteiger partial charge on any atom is -0.297 e. The zero-order chi connectivity index (χ0) is 13.7. The summed E-state index contributed by atoms with van der Waals surface area (Å²) in [6.45, 7) is 3.97. The van der Waals surface area contributed by atoms with E-state index < -0.39 is 0 Å². The van der Waals surface area contributed by atoms with Crippen LogP contribution in [0, 0.1) is 6.92 Å². The van der Waals surface area contributed by atoms with Gasteiger partial charge in [0.1, 0.15) is 0 Å². The van der Waals surface area contributed by atoms with E-state index in [-0.39, 0.29) is 5.91 Å². The minimum absolute atomic E-state index is 0.227. The van der Waals surface area contributed by atoms with Crippen LogP contribution in [0.1, 0.15) is 17.6 Å². The zero-order valence-electron chi connectivity index (χ0n) is 10.4. The molecule has 0 aliphatic rings. The number of thiazole rings is 1. The average Bonchev–Trinajstić information content (AvgIpc) is 2.97. The summed E-state index contributed by atoms with van der Waals surface area (Å²) in [4.78, 5) is 15.9. The van der Waals surface area contributed by atoms with E-state index >= 15 is 0 Å². The van der Waals surface area contributed by atoms with E-state index in [1.54, 1.807) is 29.2 Å². The van der Waals surface area contributed by atoms with Crippen LogP contribution in [0.4, 0.5) is 5.13 Å². The summed E-state index contributed by atoms with van der Waals surface area (Å²) in [5.41, 5.74) is 0.789. The molecule has 0 aliphatic heterocycles. The van der Waals surface area contributed by atoms with Crippen molar-refractivity contribution >= 4 is 51.6 Å². The van der Waals surface area contributed by atoms with Gasteiger partial charge in [-0.25, -0.2) is 4.98 Å². The Morgan fingerprint density at radius 2 is 2.37 bits per heavy atom. The normalized spacial score (nSPS) is 11.1. The van der Waals surface area contributed by atoms with E-state index in [1.165, 1.54) is 17.4 Å². The fraction of sp³-hybridized carbons (Fsp3) is 0.273. The number of carbonyl (C=O) groups is 1. The Bertz CT molecular complexity index is 590. The predicted molar refractivity (Wildman–Crippen MR) is 80.8 cm³/mol. The van der Waals surface area contributed by atoms with Gasteiger partial charge in [-0.1, -0.05) is 30.0 Å². The highest BCUT2D eigenvalue weighted by atomic mass is 32.2. The molecule has 0 radical (unpaired) electrons. The fourth-order valence-electron chi connectivity index (χ4n) is 1.21. The molecular formula is C11H12N4OS3. The van der Waals surface area contributed by atoms with Crippen LogP contribution in [0.3, 0.4) is 0 Å². The molecule has 0 saturated heterocycles. The summed E-state index contributed by atoms with van der Waals surface area (Å²) in [5.74, 6) is 0.709. The topological polar surface area (TPSA) is 67.8 Å². The SMILES string of the molecule is CCSc1nnc(NC(=O)/C=C/c2csc(C)n2)s1. The molecule has 0 spiro atoms. The van der Waals surface area contributed by atoms with E-state index in [0.717, 1.165) is 20.8 Å². The molecule has 0 unspecified atom stereocenters. The molecule has 19 heavy (non-hydrogen) atoms. The maximum atomic E-state index is 11.7. The van der Waals surface area contributed by atoms with Crippen LogP contribution in [0.2, 0.25) is 0 Å². The van der Waals surface area contributed by atoms with E-state index in [1.807, 2.05) is 19.2 Å². The molecule has 1 amide bonds. The van der Waals surface area contributed by atoms with Gasteiger partial charge in [-0.2, -0.15) is 0 Å². The molecule has 2 aromatic heterocycles. The van der Waals surface area contributed by atoms with Crippen LogP contribution in [0.15, 0.2) is 15.8 Å². The fourth-order valence-corrected chi connectivity index (χ4v) is 3.44. The number of anilines is 1. The Balaban J connectivity index is 1.91. The molecule has 0 atom stereocenters. The molecule has 1 N–H and O–H groups in total. The molecule has 2 heterocycles. The van der Waals surface area contributed by atoms with Gasteiger partial charge in [-0.3, -0.25) is 10.1 Å². The Morgan fingerprint density at radius 1 is 1.53 bits per heavy atom. The summed E-state index contributed by atoms with van der Waals surface area (Å²) in [5, 5.41) is 13.9. The van der Waals surface area contributed by atoms with E-state index in [4.69, 9.17) is 0 Å². The van der Waals surface area contributed by atoms with Gasteiger partial charge >= 0.3 is 0 Å². The summed E-state index contributed by atoms with van der Waals surface area (Å²) >= 11 is 4.53. The number of hydrogen-bond acceptors (Lipinski definition) is 7. The van der Waals surface area contributed by atoms with E-state index in [0.29, 0.717) is 5.13 Å². The Kier molecular flexibility index (Phi) is 5.06. The first-order chi connectivity index (χ1) is 9.17. The number of carbonyl (C=O) groups excluding carboxylic acids is 1. The standard InChI is InChI=1S/C11H12N4OS3/c1-3-17-11-15-14-10(19-11)13-9(16)5-4-8-6-18-7(2)12-8/h4-6H,3H2,1-2H3,(H,13,14,16)/b5-4+. The third kappa shape index (κ3) is 4.41. The third-order valence-corrected chi connectivity index (χ3v) is 4.59. The van der Waals surface area contributed by atoms with Gasteiger partial charge in [0, 0.05) is 11.5 Å². The van der Waals surface area contributed by atoms with Gasteiger partial charge in [0.25, 0.3) is 0 Å². The maximum absolute atomic E-state index is 11.7. The smallest absolute Gasteiger partial charge is 0.250 e. The van der Waals surface area contributed by atoms with Crippen molar-refractivity contribution in [3.05, 3.63) is 22.2 Å². The van der Waals surface area contributed by atoms with Crippen molar-refractivity contribution in [2.24, 2.45) is 0 Å². The second-order valence-corrected chi connectivity index (χ2v) is 6.97. The summed E-state index contributed by atoms with van der Waals surface area (Å²) in [7, 11) is 0. The van der Waals surface area contributed by atoms with Crippen LogP contribution in [-0.4, -0.2) is 26.8 Å². The van der Waals surface area contributed by atoms with E-state index in [9.17, 15) is 4.79 Å². The lowest BCUT2D eigenvalue weighted by atomic mass is 10.4. The lowest BCUT2D eigenvalue weighted by Crippen LogP contribution is -2.07. The van der Waals surface area contributed by atoms with E-state index in [2.05, 4.69) is 20.5 Å². The van der Waals surface area contributed by atoms with Crippen LogP contribution in [0.5, 0.6) is 0 Å². The molecule has 0 saturated carbocycles. The van der Waals surface area contributed by atoms with Gasteiger partial charge in [0.05, 0.1) is 10.7 Å². The van der Waals surface area contributed by atoms with Crippen LogP contribution < -0.4 is 5.32 Å². The molecule has 100 valence electrons. The van der Waals surface area contributed by atoms with Gasteiger partial charge < -0.3 is 0 Å². The Labute approximate surface area is 123 Å². The van der Waals surface area contributed by atoms with Crippen LogP contribution >= 0.6 is 34.4 Å². The first-order valence-electron chi connectivity index (χ1n) is 5.55. The van der Waals surface area contributed by atoms with Gasteiger partial charge in [0.2, 0.25) is 11.0 Å². The van der Waals surface area contributed by atoms with Crippen molar-refractivity contribution in [3.63, 3.8) is 0 Å². The minimum atomic E-state index is -0.227. The molecule has 0 fully saturated rings. The molecular weight excluding hydrogens is 300 g/mol. The number of thioether (sulfide) groups is 1. The van der Waals surface area contributed by atoms with Gasteiger partial charge in [0.15, 0.2) is 4.34 Å². The van der Waals surface area contributed by atoms with Crippen molar-refractivity contribution in [1.82, 2.24) is 15.2 Å². The zero-order valence-corrected chi connectivity index (χ0v) is 12.9. The largest absolute Gasteiger partial charge is 0.297 e. The van der Waals surface area contributed by atoms with Crippen molar-refractivity contribution in [2.75, 3.05) is 11.1 Å². The molecule has 0 aliphatic carbocycles. The highest BCUT2D eigenvalue weighted by Crippen LogP contribution is 2.24. The van der Waals surface area contributed by atoms with Crippen molar-refractivity contribution in [3.8, 4) is 0 Å². The summed E-state index contributed by atoms with van der Waals surface area (Å²) in [6.07, 6.45) is 3.13. The quantitative estimate of drug-likeness (QED) is 0.522. The van der Waals surface area contributed by atoms with Crippen molar-refractivity contribution < 1.29 is 4.79 Å². The molecule has 8 heteroatoms. The highest BCUT2D eigenvalue weighted by Gasteiger charge is 2.06. The molecule has 0 aromatic carbocycles. The number of aryl methyl sites for hydroxylation is 1. The molecule has 2 aromatic rings. The monoisotopic (exact) mass is 312 g/mol. The number of hydrogen-bond donors (Lipinski definition) is 1. The van der Waals surface area contributed by atoms with Crippen molar-refractivity contribution in [2.45, 2.75) is 18.2 Å². The number of nitrogens with zero attached hydrogens (tertiary/aromatic N) is 3. The number of aromatic nitrogens is 3. The maximum Gasteiger partial charge on any atom is 0.250 e. The lowest BCUT2D eigenvalue weighted by molar-refractivity contribution is -0.111. The van der Waals surface area contributed by atoms with Crippen molar-refractivity contribution in [1.29, 1.82) is 0 Å². The molecule has 2 rings (SSSR count). The Hall–Kier alpha value is -1.25. The second-order valence-electron chi connectivity index (χ2n) is 3.42. The number of nitrogens with one attached hydrogen (secondary N) is 1. The van der Waals surface area contributed by atoms with Crippen LogP contribution in [0.25, 0.3) is 6.08 Å². The Morgan fingerprint density at radius 3 is 3.05 bits per heavy atom. The number of rotatable bonds is 5. The lowest BCUT2D eigenvalue weighted by Gasteiger charge is -1.93. The predicted octanol–water partition coefficient (Wildman–Crippen LogP) is 3.07. The van der Waals surface area contributed by atoms with Gasteiger partial charge in [-0.05, 0) is 18.8 Å². The van der Waals surface area contributed by atoms with Crippen LogP contribution in [-0.2, 0) is 4.79 Å². The number of amides is 1. The molecule has 0 bridgehead atoms. The summed E-state index contributed by atoms with van der Waals surface area (Å²) in [6, 6.07) is 0. The molecule has 5 nitrogen and oxygen atoms in total. The first-order valence-corrected chi connectivity index (χ1v) is 8.23. The average molecular weight is 312 g/mol. The summed E-state index contributed by atoms with van der Waals surface area (Å²) < 4.78 is 0.858. The van der Waals surface area contributed by atoms with Gasteiger partial charge in [-0.15, -0.1) is 21.5 Å².